The van der Waals surface area contributed by atoms with E-state index in [1.807, 2.05) is 6.92 Å². The summed E-state index contributed by atoms with van der Waals surface area (Å²) in [5.41, 5.74) is 0. The van der Waals surface area contributed by atoms with Gasteiger partial charge in [0.25, 0.3) is 0 Å². The van der Waals surface area contributed by atoms with Crippen LogP contribution in [0.3, 0.4) is 0 Å². The predicted octanol–water partition coefficient (Wildman–Crippen LogP) is 0.783. The van der Waals surface area contributed by atoms with E-state index in [4.69, 9.17) is 0 Å². The van der Waals surface area contributed by atoms with E-state index in [0.717, 1.165) is 0 Å². The average Bonchev–Trinajstić information content (AvgIpc) is 1.63. The minimum Gasteiger partial charge on any atom is -0.349 e. The van der Waals surface area contributed by atoms with E-state index >= 15 is 0 Å². The fourth-order valence-corrected chi connectivity index (χ4v) is 0.591. The minimum atomic E-state index is 0.137. The van der Waals surface area contributed by atoms with Gasteiger partial charge in [-0.1, -0.05) is 6.92 Å². The minimum absolute atomic E-state index is 0.137. The monoisotopic (exact) mass is 147 g/mol. The van der Waals surface area contributed by atoms with Crippen molar-refractivity contribution in [1.82, 2.24) is 4.90 Å². The molecule has 1 atom stereocenters. The van der Waals surface area contributed by atoms with Crippen LogP contribution in [0.2, 0.25) is 0 Å². The van der Waals surface area contributed by atoms with Crippen LogP contribution in [0.15, 0.2) is 0 Å². The third-order valence-corrected chi connectivity index (χ3v) is 1.15. The van der Waals surface area contributed by atoms with Crippen LogP contribution in [-0.4, -0.2) is 30.2 Å². The fourth-order valence-electron chi connectivity index (χ4n) is 0.435. The van der Waals surface area contributed by atoms with Gasteiger partial charge in [-0.05, 0) is 0 Å². The molecule has 0 aliphatic carbocycles. The standard InChI is InChI=1S/C6H13NOS/c1-5(9)4-6(8)7(2)3/h5,9H,4H2,1-3H3. The third kappa shape index (κ3) is 4.33. The summed E-state index contributed by atoms with van der Waals surface area (Å²) in [7, 11) is 3.50. The molecule has 0 fully saturated rings. The van der Waals surface area contributed by atoms with Gasteiger partial charge in [0.05, 0.1) is 0 Å². The first-order valence-corrected chi connectivity index (χ1v) is 3.44. The molecule has 0 aliphatic heterocycles. The maximum atomic E-state index is 10.8. The second-order valence-corrected chi connectivity index (χ2v) is 3.22. The molecule has 0 saturated carbocycles. The summed E-state index contributed by atoms with van der Waals surface area (Å²) in [5.74, 6) is 0.137. The van der Waals surface area contributed by atoms with E-state index < -0.39 is 0 Å². The van der Waals surface area contributed by atoms with E-state index in [1.54, 1.807) is 19.0 Å². The van der Waals surface area contributed by atoms with Gasteiger partial charge in [-0.3, -0.25) is 4.79 Å². The van der Waals surface area contributed by atoms with Crippen molar-refractivity contribution in [3.05, 3.63) is 0 Å². The summed E-state index contributed by atoms with van der Waals surface area (Å²) in [4.78, 5) is 12.4. The van der Waals surface area contributed by atoms with Gasteiger partial charge in [-0.25, -0.2) is 0 Å². The van der Waals surface area contributed by atoms with Crippen LogP contribution < -0.4 is 0 Å². The van der Waals surface area contributed by atoms with Crippen molar-refractivity contribution in [3.8, 4) is 0 Å². The fraction of sp³-hybridized carbons (Fsp3) is 0.833. The Labute approximate surface area is 61.6 Å². The molecule has 0 N–H and O–H groups in total. The maximum absolute atomic E-state index is 10.8. The van der Waals surface area contributed by atoms with Crippen LogP contribution >= 0.6 is 12.6 Å². The van der Waals surface area contributed by atoms with Crippen molar-refractivity contribution in [1.29, 1.82) is 0 Å². The predicted molar refractivity (Wildman–Crippen MR) is 41.8 cm³/mol. The summed E-state index contributed by atoms with van der Waals surface area (Å²) in [6.45, 7) is 1.91. The first-order valence-electron chi connectivity index (χ1n) is 2.92. The number of nitrogens with zero attached hydrogens (tertiary/aromatic N) is 1. The van der Waals surface area contributed by atoms with E-state index in [1.165, 1.54) is 0 Å². The maximum Gasteiger partial charge on any atom is 0.223 e. The second kappa shape index (κ2) is 3.77. The van der Waals surface area contributed by atoms with Gasteiger partial charge >= 0.3 is 0 Å². The van der Waals surface area contributed by atoms with Crippen molar-refractivity contribution in [2.24, 2.45) is 0 Å². The van der Waals surface area contributed by atoms with Crippen LogP contribution in [0.1, 0.15) is 13.3 Å². The lowest BCUT2D eigenvalue weighted by Gasteiger charge is -2.10. The number of hydrogen-bond donors (Lipinski definition) is 1. The largest absolute Gasteiger partial charge is 0.349 e. The van der Waals surface area contributed by atoms with Crippen LogP contribution in [0.5, 0.6) is 0 Å². The van der Waals surface area contributed by atoms with Gasteiger partial charge in [0.15, 0.2) is 0 Å². The van der Waals surface area contributed by atoms with E-state index in [-0.39, 0.29) is 11.2 Å². The zero-order valence-electron chi connectivity index (χ0n) is 6.09. The van der Waals surface area contributed by atoms with Crippen LogP contribution in [0.25, 0.3) is 0 Å². The lowest BCUT2D eigenvalue weighted by atomic mass is 10.3. The Bertz CT molecular complexity index is 101. The second-order valence-electron chi connectivity index (χ2n) is 2.34. The Kier molecular flexibility index (Phi) is 3.70. The SMILES string of the molecule is CC(S)CC(=O)N(C)C. The van der Waals surface area contributed by atoms with E-state index in [9.17, 15) is 4.79 Å². The Morgan fingerprint density at radius 2 is 2.11 bits per heavy atom. The number of rotatable bonds is 2. The molecule has 0 aromatic heterocycles. The Balaban J connectivity index is 3.51. The first kappa shape index (κ1) is 8.82. The molecule has 0 bridgehead atoms. The zero-order valence-corrected chi connectivity index (χ0v) is 6.98. The molecule has 2 nitrogen and oxygen atoms in total. The highest BCUT2D eigenvalue weighted by Gasteiger charge is 2.05. The number of thiol groups is 1. The smallest absolute Gasteiger partial charge is 0.223 e. The highest BCUT2D eigenvalue weighted by molar-refractivity contribution is 7.80. The van der Waals surface area contributed by atoms with Gasteiger partial charge in [0, 0.05) is 25.8 Å². The van der Waals surface area contributed by atoms with Crippen molar-refractivity contribution in [3.63, 3.8) is 0 Å². The Hall–Kier alpha value is -0.180. The van der Waals surface area contributed by atoms with Gasteiger partial charge in [0.1, 0.15) is 0 Å². The molecule has 0 heterocycles. The topological polar surface area (TPSA) is 20.3 Å². The lowest BCUT2D eigenvalue weighted by Crippen LogP contribution is -2.23. The molecule has 0 spiro atoms. The molecule has 1 unspecified atom stereocenters. The summed E-state index contributed by atoms with van der Waals surface area (Å²) in [6, 6.07) is 0. The summed E-state index contributed by atoms with van der Waals surface area (Å²) >= 11 is 4.08. The Morgan fingerprint density at radius 3 is 2.22 bits per heavy atom. The quantitative estimate of drug-likeness (QED) is 0.572. The van der Waals surface area contributed by atoms with E-state index in [0.29, 0.717) is 6.42 Å². The highest BCUT2D eigenvalue weighted by atomic mass is 32.1. The Morgan fingerprint density at radius 1 is 1.67 bits per heavy atom. The van der Waals surface area contributed by atoms with Crippen LogP contribution in [0.4, 0.5) is 0 Å². The number of hydrogen-bond acceptors (Lipinski definition) is 2. The van der Waals surface area contributed by atoms with Crippen molar-refractivity contribution >= 4 is 18.5 Å². The molecular weight excluding hydrogens is 134 g/mol. The first-order chi connectivity index (χ1) is 4.04. The summed E-state index contributed by atoms with van der Waals surface area (Å²) in [6.07, 6.45) is 0.524. The zero-order chi connectivity index (χ0) is 7.44. The van der Waals surface area contributed by atoms with E-state index in [2.05, 4.69) is 12.6 Å². The highest BCUT2D eigenvalue weighted by Crippen LogP contribution is 2.00. The number of carbonyl (C=O) groups is 1. The molecule has 3 heteroatoms. The molecule has 0 aliphatic rings. The van der Waals surface area contributed by atoms with Crippen LogP contribution in [0, 0.1) is 0 Å². The molecule has 0 radical (unpaired) electrons. The molecule has 54 valence electrons. The summed E-state index contributed by atoms with van der Waals surface area (Å²) in [5, 5.41) is 0.167. The van der Waals surface area contributed by atoms with Crippen molar-refractivity contribution < 1.29 is 4.79 Å². The molecule has 0 aromatic carbocycles. The number of carbonyl (C=O) groups excluding carboxylic acids is 1. The molecule has 0 saturated heterocycles. The molecule has 1 amide bonds. The van der Waals surface area contributed by atoms with Gasteiger partial charge in [-0.2, -0.15) is 12.6 Å². The average molecular weight is 147 g/mol. The lowest BCUT2D eigenvalue weighted by molar-refractivity contribution is -0.128. The van der Waals surface area contributed by atoms with Gasteiger partial charge in [0.2, 0.25) is 5.91 Å². The molecule has 0 rings (SSSR count). The molecular formula is C6H13NOS. The van der Waals surface area contributed by atoms with Crippen molar-refractivity contribution in [2.75, 3.05) is 14.1 Å². The van der Waals surface area contributed by atoms with Gasteiger partial charge < -0.3 is 4.90 Å². The van der Waals surface area contributed by atoms with Gasteiger partial charge in [-0.15, -0.1) is 0 Å². The normalized spacial score (nSPS) is 12.9. The molecule has 9 heavy (non-hydrogen) atoms. The third-order valence-electron chi connectivity index (χ3n) is 0.969. The summed E-state index contributed by atoms with van der Waals surface area (Å²) < 4.78 is 0. The molecule has 0 aromatic rings. The number of amides is 1. The van der Waals surface area contributed by atoms with Crippen molar-refractivity contribution in [2.45, 2.75) is 18.6 Å². The van der Waals surface area contributed by atoms with Crippen LogP contribution in [-0.2, 0) is 4.79 Å².